The van der Waals surface area contributed by atoms with Crippen molar-refractivity contribution in [3.05, 3.63) is 23.0 Å². The second kappa shape index (κ2) is 7.60. The van der Waals surface area contributed by atoms with Crippen molar-refractivity contribution in [3.63, 3.8) is 0 Å². The van der Waals surface area contributed by atoms with Crippen LogP contribution in [0.4, 0.5) is 0 Å². The van der Waals surface area contributed by atoms with Crippen molar-refractivity contribution in [2.75, 3.05) is 7.11 Å². The Morgan fingerprint density at radius 1 is 1.20 bits per heavy atom. The molecule has 0 fully saturated rings. The van der Waals surface area contributed by atoms with Gasteiger partial charge < -0.3 is 14.9 Å². The molecule has 114 valence electrons. The molecule has 0 aliphatic rings. The van der Waals surface area contributed by atoms with Gasteiger partial charge in [-0.25, -0.2) is 0 Å². The van der Waals surface area contributed by atoms with Crippen molar-refractivity contribution >= 4 is 0 Å². The molecule has 0 spiro atoms. The van der Waals surface area contributed by atoms with Crippen LogP contribution in [0.15, 0.2) is 6.20 Å². The molecular weight excluding hydrogens is 254 g/mol. The van der Waals surface area contributed by atoms with Crippen LogP contribution in [0, 0.1) is 19.8 Å². The number of hydrogen-bond donors (Lipinski definition) is 2. The molecule has 0 aliphatic heterocycles. The van der Waals surface area contributed by atoms with E-state index in [4.69, 9.17) is 4.74 Å². The largest absolute Gasteiger partial charge is 0.496 e. The van der Waals surface area contributed by atoms with Crippen LogP contribution in [0.3, 0.4) is 0 Å². The Bertz CT molecular complexity index is 430. The summed E-state index contributed by atoms with van der Waals surface area (Å²) < 4.78 is 5.36. The zero-order valence-corrected chi connectivity index (χ0v) is 13.2. The summed E-state index contributed by atoms with van der Waals surface area (Å²) in [6.07, 6.45) is 2.31. The van der Waals surface area contributed by atoms with Crippen molar-refractivity contribution in [1.82, 2.24) is 4.98 Å². The van der Waals surface area contributed by atoms with Gasteiger partial charge >= 0.3 is 0 Å². The molecule has 0 aliphatic carbocycles. The van der Waals surface area contributed by atoms with Gasteiger partial charge in [0.15, 0.2) is 0 Å². The first-order valence-electron chi connectivity index (χ1n) is 7.31. The van der Waals surface area contributed by atoms with Crippen molar-refractivity contribution in [1.29, 1.82) is 0 Å². The molecule has 1 rings (SSSR count). The highest BCUT2D eigenvalue weighted by molar-refractivity contribution is 5.41. The summed E-state index contributed by atoms with van der Waals surface area (Å²) >= 11 is 0. The molecule has 0 bridgehead atoms. The van der Waals surface area contributed by atoms with Crippen LogP contribution in [-0.4, -0.2) is 34.5 Å². The molecule has 2 unspecified atom stereocenters. The summed E-state index contributed by atoms with van der Waals surface area (Å²) in [7, 11) is 1.63. The lowest BCUT2D eigenvalue weighted by Crippen LogP contribution is -2.35. The number of hydrogen-bond acceptors (Lipinski definition) is 4. The van der Waals surface area contributed by atoms with Crippen molar-refractivity contribution in [2.45, 2.75) is 59.2 Å². The van der Waals surface area contributed by atoms with E-state index < -0.39 is 12.2 Å². The van der Waals surface area contributed by atoms with Crippen LogP contribution in [0.25, 0.3) is 0 Å². The Labute approximate surface area is 121 Å². The normalized spacial score (nSPS) is 14.4. The Hall–Kier alpha value is -1.13. The first-order valence-corrected chi connectivity index (χ1v) is 7.31. The topological polar surface area (TPSA) is 62.6 Å². The Morgan fingerprint density at radius 2 is 1.80 bits per heavy atom. The molecule has 4 nitrogen and oxygen atoms in total. The van der Waals surface area contributed by atoms with Crippen LogP contribution >= 0.6 is 0 Å². The first-order chi connectivity index (χ1) is 9.46. The van der Waals surface area contributed by atoms with E-state index in [1.165, 1.54) is 0 Å². The number of aliphatic hydroxyl groups is 2. The standard InChI is InChI=1S/C16H27NO3/c1-6-12(7-2)15(19)14(18)8-13-11(4)16(20-5)10(3)9-17-13/h9,12,14-15,18-19H,6-8H2,1-5H3. The van der Waals surface area contributed by atoms with Crippen LogP contribution in [0.2, 0.25) is 0 Å². The fraction of sp³-hybridized carbons (Fsp3) is 0.688. The Morgan fingerprint density at radius 3 is 2.30 bits per heavy atom. The maximum Gasteiger partial charge on any atom is 0.128 e. The molecule has 20 heavy (non-hydrogen) atoms. The lowest BCUT2D eigenvalue weighted by atomic mass is 9.90. The van der Waals surface area contributed by atoms with E-state index in [0.717, 1.165) is 35.4 Å². The first kappa shape index (κ1) is 16.9. The SMILES string of the molecule is CCC(CC)C(O)C(O)Cc1ncc(C)c(OC)c1C. The zero-order valence-electron chi connectivity index (χ0n) is 13.2. The maximum absolute atomic E-state index is 10.2. The number of aliphatic hydroxyl groups excluding tert-OH is 2. The molecule has 2 N–H and O–H groups in total. The molecular formula is C16H27NO3. The van der Waals surface area contributed by atoms with E-state index in [9.17, 15) is 10.2 Å². The van der Waals surface area contributed by atoms with Gasteiger partial charge in [0.05, 0.1) is 19.3 Å². The minimum Gasteiger partial charge on any atom is -0.496 e. The van der Waals surface area contributed by atoms with Gasteiger partial charge in [0.2, 0.25) is 0 Å². The number of nitrogens with zero attached hydrogens (tertiary/aromatic N) is 1. The van der Waals surface area contributed by atoms with Gasteiger partial charge in [-0.3, -0.25) is 4.98 Å². The minimum atomic E-state index is -0.793. The fourth-order valence-corrected chi connectivity index (χ4v) is 2.68. The molecule has 2 atom stereocenters. The number of pyridine rings is 1. The summed E-state index contributed by atoms with van der Waals surface area (Å²) in [5.41, 5.74) is 2.69. The molecule has 0 aromatic carbocycles. The summed E-state index contributed by atoms with van der Waals surface area (Å²) in [5.74, 6) is 0.928. The van der Waals surface area contributed by atoms with Crippen molar-refractivity contribution < 1.29 is 14.9 Å². The zero-order chi connectivity index (χ0) is 15.3. The average Bonchev–Trinajstić information content (AvgIpc) is 2.43. The minimum absolute atomic E-state index is 0.123. The maximum atomic E-state index is 10.2. The number of aromatic nitrogens is 1. The summed E-state index contributed by atoms with van der Waals surface area (Å²) in [6, 6.07) is 0. The number of ether oxygens (including phenoxy) is 1. The van der Waals surface area contributed by atoms with Crippen LogP contribution in [-0.2, 0) is 6.42 Å². The molecule has 0 saturated heterocycles. The van der Waals surface area contributed by atoms with E-state index in [0.29, 0.717) is 6.42 Å². The predicted molar refractivity (Wildman–Crippen MR) is 80.1 cm³/mol. The highest BCUT2D eigenvalue weighted by atomic mass is 16.5. The summed E-state index contributed by atoms with van der Waals surface area (Å²) in [6.45, 7) is 7.94. The van der Waals surface area contributed by atoms with E-state index in [1.807, 2.05) is 27.7 Å². The predicted octanol–water partition coefficient (Wildman–Crippen LogP) is 2.41. The van der Waals surface area contributed by atoms with Gasteiger partial charge in [0.25, 0.3) is 0 Å². The third-order valence-corrected chi connectivity index (χ3v) is 4.08. The quantitative estimate of drug-likeness (QED) is 0.805. The van der Waals surface area contributed by atoms with Crippen molar-refractivity contribution in [3.8, 4) is 5.75 Å². The highest BCUT2D eigenvalue weighted by Crippen LogP contribution is 2.26. The Balaban J connectivity index is 2.88. The second-order valence-corrected chi connectivity index (χ2v) is 5.38. The highest BCUT2D eigenvalue weighted by Gasteiger charge is 2.25. The molecule has 0 saturated carbocycles. The smallest absolute Gasteiger partial charge is 0.128 e. The van der Waals surface area contributed by atoms with Gasteiger partial charge in [0, 0.05) is 29.4 Å². The van der Waals surface area contributed by atoms with Crippen LogP contribution in [0.5, 0.6) is 5.75 Å². The monoisotopic (exact) mass is 281 g/mol. The summed E-state index contributed by atoms with van der Waals surface area (Å²) in [5, 5.41) is 20.4. The molecule has 0 radical (unpaired) electrons. The second-order valence-electron chi connectivity index (χ2n) is 5.38. The molecule has 1 heterocycles. The Kier molecular flexibility index (Phi) is 6.43. The van der Waals surface area contributed by atoms with Gasteiger partial charge in [-0.05, 0) is 19.8 Å². The lowest BCUT2D eigenvalue weighted by molar-refractivity contribution is -0.0193. The number of rotatable bonds is 7. The average molecular weight is 281 g/mol. The number of methoxy groups -OCH3 is 1. The molecule has 1 aromatic rings. The van der Waals surface area contributed by atoms with Gasteiger partial charge in [-0.2, -0.15) is 0 Å². The van der Waals surface area contributed by atoms with Crippen LogP contribution < -0.4 is 4.74 Å². The van der Waals surface area contributed by atoms with E-state index in [2.05, 4.69) is 4.98 Å². The van der Waals surface area contributed by atoms with Crippen molar-refractivity contribution in [2.24, 2.45) is 5.92 Å². The van der Waals surface area contributed by atoms with E-state index in [-0.39, 0.29) is 5.92 Å². The molecule has 4 heteroatoms. The van der Waals surface area contributed by atoms with E-state index >= 15 is 0 Å². The van der Waals surface area contributed by atoms with E-state index in [1.54, 1.807) is 13.3 Å². The van der Waals surface area contributed by atoms with Crippen LogP contribution in [0.1, 0.15) is 43.5 Å². The third-order valence-electron chi connectivity index (χ3n) is 4.08. The molecule has 0 amide bonds. The van der Waals surface area contributed by atoms with Gasteiger partial charge in [-0.1, -0.05) is 26.7 Å². The summed E-state index contributed by atoms with van der Waals surface area (Å²) in [4.78, 5) is 4.37. The fourth-order valence-electron chi connectivity index (χ4n) is 2.68. The third kappa shape index (κ3) is 3.70. The van der Waals surface area contributed by atoms with Gasteiger partial charge in [0.1, 0.15) is 5.75 Å². The number of aryl methyl sites for hydroxylation is 1. The van der Waals surface area contributed by atoms with Gasteiger partial charge in [-0.15, -0.1) is 0 Å². The molecule has 1 aromatic heterocycles. The lowest BCUT2D eigenvalue weighted by Gasteiger charge is -2.25.